The summed E-state index contributed by atoms with van der Waals surface area (Å²) >= 11 is 6.19. The number of anilines is 1. The van der Waals surface area contributed by atoms with Gasteiger partial charge in [0.15, 0.2) is 5.78 Å². The third kappa shape index (κ3) is 4.21. The van der Waals surface area contributed by atoms with Crippen molar-refractivity contribution in [3.8, 4) is 16.9 Å². The number of hydrogen-bond acceptors (Lipinski definition) is 4. The van der Waals surface area contributed by atoms with Crippen molar-refractivity contribution in [2.75, 3.05) is 5.32 Å². The largest absolute Gasteiger partial charge is 0.376 e. The maximum atomic E-state index is 13.4. The Morgan fingerprint density at radius 2 is 1.66 bits per heavy atom. The number of hydrogen-bond donors (Lipinski definition) is 1. The van der Waals surface area contributed by atoms with E-state index in [2.05, 4.69) is 23.7 Å². The highest BCUT2D eigenvalue weighted by Gasteiger charge is 2.43. The average molecular weight is 486 g/mol. The van der Waals surface area contributed by atoms with Gasteiger partial charge in [-0.05, 0) is 53.4 Å². The summed E-state index contributed by atoms with van der Waals surface area (Å²) in [7, 11) is 0. The van der Waals surface area contributed by atoms with Crippen molar-refractivity contribution in [3.63, 3.8) is 0 Å². The lowest BCUT2D eigenvalue weighted by Gasteiger charge is -2.40. The highest BCUT2D eigenvalue weighted by atomic mass is 35.5. The fraction of sp³-hybridized carbons (Fsp3) is 0.179. The summed E-state index contributed by atoms with van der Waals surface area (Å²) in [5.41, 5.74) is 4.72. The number of ketones is 1. The molecule has 4 aromatic rings. The van der Waals surface area contributed by atoms with Gasteiger partial charge in [0.05, 0.1) is 22.4 Å². The van der Waals surface area contributed by atoms with Crippen molar-refractivity contribution in [1.29, 1.82) is 0 Å². The van der Waals surface area contributed by atoms with Crippen LogP contribution in [0.25, 0.3) is 16.9 Å². The molecule has 0 saturated heterocycles. The first kappa shape index (κ1) is 22.9. The van der Waals surface area contributed by atoms with Gasteiger partial charge >= 0.3 is 0 Å². The SMILES string of the molecule is CC1(C)CC(=O)c2cc(-c3ccccc3)n(-c3ccc(Cl)cc3)c2C1Nc1ccc([N+](=O)[O-])cc1. The van der Waals surface area contributed by atoms with Crippen LogP contribution in [0.1, 0.15) is 42.4 Å². The molecule has 1 aromatic heterocycles. The molecule has 176 valence electrons. The van der Waals surface area contributed by atoms with E-state index in [0.717, 1.165) is 28.3 Å². The molecule has 35 heavy (non-hydrogen) atoms. The Morgan fingerprint density at radius 3 is 2.29 bits per heavy atom. The minimum Gasteiger partial charge on any atom is -0.376 e. The van der Waals surface area contributed by atoms with Gasteiger partial charge < -0.3 is 9.88 Å². The molecule has 1 N–H and O–H groups in total. The number of carbonyl (C=O) groups is 1. The summed E-state index contributed by atoms with van der Waals surface area (Å²) in [4.78, 5) is 24.1. The standard InChI is InChI=1S/C28H24ClN3O3/c1-28(2)17-25(33)23-16-24(18-6-4-3-5-7-18)31(21-12-8-19(29)9-13-21)26(23)27(28)30-20-10-14-22(15-11-20)32(34)35/h3-16,27,30H,17H2,1-2H3. The van der Waals surface area contributed by atoms with E-state index < -0.39 is 10.3 Å². The van der Waals surface area contributed by atoms with E-state index in [1.54, 1.807) is 12.1 Å². The van der Waals surface area contributed by atoms with Gasteiger partial charge in [0, 0.05) is 40.5 Å². The quantitative estimate of drug-likeness (QED) is 0.235. The number of nitrogens with one attached hydrogen (secondary N) is 1. The molecule has 1 aliphatic rings. The maximum Gasteiger partial charge on any atom is 0.269 e. The Balaban J connectivity index is 1.72. The number of halogens is 1. The van der Waals surface area contributed by atoms with Crippen molar-refractivity contribution in [2.45, 2.75) is 26.3 Å². The molecular weight excluding hydrogens is 462 g/mol. The minimum atomic E-state index is -0.414. The molecule has 1 heterocycles. The normalized spacial score (nSPS) is 16.5. The number of nitro benzene ring substituents is 1. The zero-order valence-electron chi connectivity index (χ0n) is 19.4. The molecule has 0 amide bonds. The lowest BCUT2D eigenvalue weighted by atomic mass is 9.72. The van der Waals surface area contributed by atoms with Gasteiger partial charge in [0.1, 0.15) is 0 Å². The van der Waals surface area contributed by atoms with Crippen molar-refractivity contribution in [1.82, 2.24) is 4.57 Å². The Bertz CT molecular complexity index is 1410. The van der Waals surface area contributed by atoms with E-state index >= 15 is 0 Å². The van der Waals surface area contributed by atoms with E-state index in [1.165, 1.54) is 12.1 Å². The molecule has 1 atom stereocenters. The van der Waals surface area contributed by atoms with Crippen LogP contribution in [0.2, 0.25) is 5.02 Å². The predicted molar refractivity (Wildman–Crippen MR) is 138 cm³/mol. The van der Waals surface area contributed by atoms with E-state index in [-0.39, 0.29) is 17.5 Å². The lowest BCUT2D eigenvalue weighted by molar-refractivity contribution is -0.384. The van der Waals surface area contributed by atoms with Crippen LogP contribution in [-0.4, -0.2) is 15.3 Å². The molecule has 1 unspecified atom stereocenters. The van der Waals surface area contributed by atoms with Crippen LogP contribution in [0.15, 0.2) is 84.9 Å². The molecular formula is C28H24ClN3O3. The second kappa shape index (κ2) is 8.71. The van der Waals surface area contributed by atoms with Crippen LogP contribution in [0, 0.1) is 15.5 Å². The fourth-order valence-corrected chi connectivity index (χ4v) is 4.94. The van der Waals surface area contributed by atoms with Crippen LogP contribution >= 0.6 is 11.6 Å². The molecule has 0 aliphatic heterocycles. The van der Waals surface area contributed by atoms with Gasteiger partial charge in [-0.1, -0.05) is 55.8 Å². The predicted octanol–water partition coefficient (Wildman–Crippen LogP) is 7.47. The van der Waals surface area contributed by atoms with E-state index in [9.17, 15) is 14.9 Å². The van der Waals surface area contributed by atoms with Gasteiger partial charge in [0.2, 0.25) is 0 Å². The highest BCUT2D eigenvalue weighted by Crippen LogP contribution is 2.48. The van der Waals surface area contributed by atoms with Crippen LogP contribution in [0.3, 0.4) is 0 Å². The zero-order chi connectivity index (χ0) is 24.7. The molecule has 5 rings (SSSR count). The minimum absolute atomic E-state index is 0.0326. The maximum absolute atomic E-state index is 13.4. The number of rotatable bonds is 5. The highest BCUT2D eigenvalue weighted by molar-refractivity contribution is 6.30. The first-order chi connectivity index (χ1) is 16.7. The Kier molecular flexibility index (Phi) is 5.69. The van der Waals surface area contributed by atoms with Crippen LogP contribution in [0.5, 0.6) is 0 Å². The summed E-state index contributed by atoms with van der Waals surface area (Å²) in [6.07, 6.45) is 0.378. The van der Waals surface area contributed by atoms with Crippen molar-refractivity contribution >= 4 is 28.8 Å². The van der Waals surface area contributed by atoms with Crippen LogP contribution in [-0.2, 0) is 0 Å². The Hall–Kier alpha value is -3.90. The number of nitro groups is 1. The number of carbonyl (C=O) groups excluding carboxylic acids is 1. The van der Waals surface area contributed by atoms with Gasteiger partial charge in [-0.2, -0.15) is 0 Å². The first-order valence-corrected chi connectivity index (χ1v) is 11.7. The molecule has 3 aromatic carbocycles. The molecule has 0 saturated carbocycles. The fourth-order valence-electron chi connectivity index (χ4n) is 4.81. The van der Waals surface area contributed by atoms with E-state index in [0.29, 0.717) is 17.0 Å². The van der Waals surface area contributed by atoms with Crippen LogP contribution < -0.4 is 5.32 Å². The Morgan fingerprint density at radius 1 is 1.00 bits per heavy atom. The molecule has 0 spiro atoms. The summed E-state index contributed by atoms with van der Waals surface area (Å²) in [6, 6.07) is 25.7. The summed E-state index contributed by atoms with van der Waals surface area (Å²) in [6.45, 7) is 4.14. The van der Waals surface area contributed by atoms with E-state index in [4.69, 9.17) is 11.6 Å². The summed E-state index contributed by atoms with van der Waals surface area (Å²) < 4.78 is 2.13. The third-order valence-electron chi connectivity index (χ3n) is 6.55. The summed E-state index contributed by atoms with van der Waals surface area (Å²) in [5, 5.41) is 15.3. The third-order valence-corrected chi connectivity index (χ3v) is 6.81. The van der Waals surface area contributed by atoms with Gasteiger partial charge in [0.25, 0.3) is 5.69 Å². The lowest BCUT2D eigenvalue weighted by Crippen LogP contribution is -2.37. The second-order valence-electron chi connectivity index (χ2n) is 9.48. The van der Waals surface area contributed by atoms with Crippen molar-refractivity contribution in [2.24, 2.45) is 5.41 Å². The number of benzene rings is 3. The summed E-state index contributed by atoms with van der Waals surface area (Å²) in [5.74, 6) is 0.0941. The van der Waals surface area contributed by atoms with Crippen molar-refractivity contribution < 1.29 is 9.72 Å². The number of aromatic nitrogens is 1. The molecule has 0 fully saturated rings. The van der Waals surface area contributed by atoms with Crippen molar-refractivity contribution in [3.05, 3.63) is 111 Å². The monoisotopic (exact) mass is 485 g/mol. The molecule has 7 heteroatoms. The molecule has 0 radical (unpaired) electrons. The first-order valence-electron chi connectivity index (χ1n) is 11.4. The molecule has 0 bridgehead atoms. The number of non-ortho nitro benzene ring substituents is 1. The van der Waals surface area contributed by atoms with Gasteiger partial charge in [-0.15, -0.1) is 0 Å². The van der Waals surface area contributed by atoms with E-state index in [1.807, 2.05) is 60.7 Å². The number of Topliss-reactive ketones (excluding diaryl/α,β-unsaturated/α-hetero) is 1. The topological polar surface area (TPSA) is 77.2 Å². The van der Waals surface area contributed by atoms with Gasteiger partial charge in [-0.25, -0.2) is 0 Å². The van der Waals surface area contributed by atoms with Crippen LogP contribution in [0.4, 0.5) is 11.4 Å². The molecule has 1 aliphatic carbocycles. The zero-order valence-corrected chi connectivity index (χ0v) is 20.1. The molecule has 6 nitrogen and oxygen atoms in total. The second-order valence-corrected chi connectivity index (χ2v) is 9.91. The Labute approximate surface area is 208 Å². The average Bonchev–Trinajstić information content (AvgIpc) is 3.24. The number of nitrogens with zero attached hydrogens (tertiary/aromatic N) is 2. The van der Waals surface area contributed by atoms with Gasteiger partial charge in [-0.3, -0.25) is 14.9 Å². The number of fused-ring (bicyclic) bond motifs is 1. The smallest absolute Gasteiger partial charge is 0.269 e.